The van der Waals surface area contributed by atoms with E-state index in [1.54, 1.807) is 37.4 Å². The van der Waals surface area contributed by atoms with E-state index in [0.717, 1.165) is 24.0 Å². The Morgan fingerprint density at radius 2 is 1.91 bits per heavy atom. The Morgan fingerprint density at radius 3 is 2.64 bits per heavy atom. The lowest BCUT2D eigenvalue weighted by molar-refractivity contribution is 0.102. The summed E-state index contributed by atoms with van der Waals surface area (Å²) in [6, 6.07) is 12.5. The first kappa shape index (κ1) is 23.3. The first-order valence-corrected chi connectivity index (χ1v) is 12.9. The molecule has 2 heterocycles. The topological polar surface area (TPSA) is 101 Å². The van der Waals surface area contributed by atoms with Gasteiger partial charge in [0.05, 0.1) is 12.0 Å². The van der Waals surface area contributed by atoms with E-state index >= 15 is 0 Å². The summed E-state index contributed by atoms with van der Waals surface area (Å²) in [7, 11) is -2.03. The van der Waals surface area contributed by atoms with Crippen LogP contribution in [0, 0.1) is 13.8 Å². The molecule has 2 aromatic carbocycles. The smallest absolute Gasteiger partial charge is 0.286 e. The normalized spacial score (nSPS) is 17.0. The molecule has 0 unspecified atom stereocenters. The number of carbonyl (C=O) groups excluding carboxylic acids is 1. The number of ether oxygens (including phenoxy) is 1. The predicted molar refractivity (Wildman–Crippen MR) is 128 cm³/mol. The molecule has 174 valence electrons. The number of anilines is 1. The highest BCUT2D eigenvalue weighted by Crippen LogP contribution is 2.33. The van der Waals surface area contributed by atoms with Crippen molar-refractivity contribution in [3.63, 3.8) is 0 Å². The molecular weight excluding hydrogens is 460 g/mol. The van der Waals surface area contributed by atoms with Gasteiger partial charge in [0.15, 0.2) is 0 Å². The zero-order valence-electron chi connectivity index (χ0n) is 18.7. The van der Waals surface area contributed by atoms with Crippen LogP contribution in [0.2, 0.25) is 0 Å². The Labute approximate surface area is 197 Å². The van der Waals surface area contributed by atoms with Gasteiger partial charge in [-0.05, 0) is 68.1 Å². The van der Waals surface area contributed by atoms with E-state index in [2.05, 4.69) is 15.5 Å². The SMILES string of the molecule is COc1ccc(NC(=O)c2nnc([C@H]3CCCN(S(=O)(=O)c4cc(C)ccc4C)C3)s2)cc1. The van der Waals surface area contributed by atoms with Gasteiger partial charge in [-0.2, -0.15) is 4.31 Å². The summed E-state index contributed by atoms with van der Waals surface area (Å²) >= 11 is 1.21. The summed E-state index contributed by atoms with van der Waals surface area (Å²) < 4.78 is 33.3. The highest BCUT2D eigenvalue weighted by Gasteiger charge is 2.33. The van der Waals surface area contributed by atoms with E-state index in [9.17, 15) is 13.2 Å². The highest BCUT2D eigenvalue weighted by atomic mass is 32.2. The van der Waals surface area contributed by atoms with Gasteiger partial charge in [-0.3, -0.25) is 4.79 Å². The van der Waals surface area contributed by atoms with E-state index in [1.165, 1.54) is 15.6 Å². The van der Waals surface area contributed by atoms with Crippen molar-refractivity contribution in [3.05, 3.63) is 63.6 Å². The third kappa shape index (κ3) is 5.07. The molecule has 1 saturated heterocycles. The van der Waals surface area contributed by atoms with Crippen LogP contribution in [0.4, 0.5) is 5.69 Å². The molecule has 33 heavy (non-hydrogen) atoms. The van der Waals surface area contributed by atoms with Crippen LogP contribution < -0.4 is 10.1 Å². The Balaban J connectivity index is 1.47. The molecule has 10 heteroatoms. The number of piperidine rings is 1. The van der Waals surface area contributed by atoms with E-state index in [-0.39, 0.29) is 16.8 Å². The molecule has 0 aliphatic carbocycles. The van der Waals surface area contributed by atoms with E-state index in [4.69, 9.17) is 4.74 Å². The number of hydrogen-bond donors (Lipinski definition) is 1. The minimum absolute atomic E-state index is 0.0984. The zero-order chi connectivity index (χ0) is 23.6. The lowest BCUT2D eigenvalue weighted by Crippen LogP contribution is -2.39. The van der Waals surface area contributed by atoms with Crippen LogP contribution in [0.1, 0.15) is 44.7 Å². The molecule has 0 radical (unpaired) electrons. The third-order valence-electron chi connectivity index (χ3n) is 5.68. The van der Waals surface area contributed by atoms with Gasteiger partial charge in [0.25, 0.3) is 5.91 Å². The van der Waals surface area contributed by atoms with E-state index in [1.807, 2.05) is 26.0 Å². The van der Waals surface area contributed by atoms with Crippen molar-refractivity contribution in [1.29, 1.82) is 0 Å². The van der Waals surface area contributed by atoms with Crippen molar-refractivity contribution in [3.8, 4) is 5.75 Å². The minimum atomic E-state index is -3.61. The fourth-order valence-electron chi connectivity index (χ4n) is 3.84. The standard InChI is InChI=1S/C23H26N4O4S2/c1-15-6-7-16(2)20(13-15)33(29,30)27-12-4-5-17(14-27)22-25-26-23(32-22)21(28)24-18-8-10-19(31-3)11-9-18/h6-11,13,17H,4-5,12,14H2,1-3H3,(H,24,28)/t17-/m0/s1. The van der Waals surface area contributed by atoms with Crippen LogP contribution in [0.15, 0.2) is 47.4 Å². The fraction of sp³-hybridized carbons (Fsp3) is 0.348. The summed E-state index contributed by atoms with van der Waals surface area (Å²) in [5.41, 5.74) is 2.27. The Bertz CT molecular complexity index is 1260. The van der Waals surface area contributed by atoms with E-state index in [0.29, 0.717) is 34.4 Å². The third-order valence-corrected chi connectivity index (χ3v) is 8.77. The molecule has 1 fully saturated rings. The molecule has 1 aliphatic heterocycles. The van der Waals surface area contributed by atoms with Crippen molar-refractivity contribution in [2.24, 2.45) is 0 Å². The molecule has 1 aromatic heterocycles. The fourth-order valence-corrected chi connectivity index (χ4v) is 6.53. The zero-order valence-corrected chi connectivity index (χ0v) is 20.4. The number of hydrogen-bond acceptors (Lipinski definition) is 7. The second-order valence-corrected chi connectivity index (χ2v) is 11.0. The van der Waals surface area contributed by atoms with Crippen LogP contribution in [-0.2, 0) is 10.0 Å². The molecule has 1 N–H and O–H groups in total. The first-order chi connectivity index (χ1) is 15.8. The number of aromatic nitrogens is 2. The lowest BCUT2D eigenvalue weighted by atomic mass is 10.0. The number of benzene rings is 2. The van der Waals surface area contributed by atoms with E-state index < -0.39 is 10.0 Å². The monoisotopic (exact) mass is 486 g/mol. The van der Waals surface area contributed by atoms with Gasteiger partial charge in [-0.1, -0.05) is 23.5 Å². The summed E-state index contributed by atoms with van der Waals surface area (Å²) in [5, 5.41) is 12.0. The second-order valence-electron chi connectivity index (χ2n) is 8.10. The predicted octanol–water partition coefficient (Wildman–Crippen LogP) is 3.98. The van der Waals surface area contributed by atoms with Crippen molar-refractivity contribution in [2.45, 2.75) is 37.5 Å². The quantitative estimate of drug-likeness (QED) is 0.565. The molecule has 1 amide bonds. The summed E-state index contributed by atoms with van der Waals surface area (Å²) in [4.78, 5) is 12.9. The second kappa shape index (κ2) is 9.58. The molecule has 0 bridgehead atoms. The molecular formula is C23H26N4O4S2. The average Bonchev–Trinajstić information content (AvgIpc) is 3.32. The molecule has 4 rings (SSSR count). The van der Waals surface area contributed by atoms with Crippen molar-refractivity contribution in [2.75, 3.05) is 25.5 Å². The number of aryl methyl sites for hydroxylation is 2. The largest absolute Gasteiger partial charge is 0.497 e. The summed E-state index contributed by atoms with van der Waals surface area (Å²) in [6.45, 7) is 4.49. The number of sulfonamides is 1. The molecule has 1 aliphatic rings. The van der Waals surface area contributed by atoms with Crippen molar-refractivity contribution in [1.82, 2.24) is 14.5 Å². The Kier molecular flexibility index (Phi) is 6.78. The van der Waals surface area contributed by atoms with Crippen LogP contribution in [0.3, 0.4) is 0 Å². The summed E-state index contributed by atoms with van der Waals surface area (Å²) in [6.07, 6.45) is 1.52. The van der Waals surface area contributed by atoms with Crippen LogP contribution in [0.25, 0.3) is 0 Å². The van der Waals surface area contributed by atoms with Crippen molar-refractivity contribution >= 4 is 33.0 Å². The number of amides is 1. The number of carbonyl (C=O) groups is 1. The van der Waals surface area contributed by atoms with Crippen LogP contribution in [-0.4, -0.2) is 49.0 Å². The Morgan fingerprint density at radius 1 is 1.15 bits per heavy atom. The molecule has 1 atom stereocenters. The molecule has 0 spiro atoms. The molecule has 0 saturated carbocycles. The highest BCUT2D eigenvalue weighted by molar-refractivity contribution is 7.89. The minimum Gasteiger partial charge on any atom is -0.497 e. The van der Waals surface area contributed by atoms with Gasteiger partial charge in [-0.15, -0.1) is 10.2 Å². The van der Waals surface area contributed by atoms with Gasteiger partial charge in [0.2, 0.25) is 15.0 Å². The van der Waals surface area contributed by atoms with Crippen LogP contribution >= 0.6 is 11.3 Å². The number of rotatable bonds is 6. The van der Waals surface area contributed by atoms with Gasteiger partial charge in [0, 0.05) is 24.7 Å². The van der Waals surface area contributed by atoms with Gasteiger partial charge in [-0.25, -0.2) is 8.42 Å². The summed E-state index contributed by atoms with van der Waals surface area (Å²) in [5.74, 6) is 0.252. The van der Waals surface area contributed by atoms with Crippen LogP contribution in [0.5, 0.6) is 5.75 Å². The van der Waals surface area contributed by atoms with Crippen molar-refractivity contribution < 1.29 is 17.9 Å². The van der Waals surface area contributed by atoms with Gasteiger partial charge < -0.3 is 10.1 Å². The number of nitrogens with zero attached hydrogens (tertiary/aromatic N) is 3. The average molecular weight is 487 g/mol. The molecule has 3 aromatic rings. The van der Waals surface area contributed by atoms with Gasteiger partial charge in [0.1, 0.15) is 10.8 Å². The number of methoxy groups -OCH3 is 1. The maximum atomic E-state index is 13.3. The number of nitrogens with one attached hydrogen (secondary N) is 1. The first-order valence-electron chi connectivity index (χ1n) is 10.6. The Hall–Kier alpha value is -2.82. The maximum absolute atomic E-state index is 13.3. The lowest BCUT2D eigenvalue weighted by Gasteiger charge is -2.31. The van der Waals surface area contributed by atoms with Gasteiger partial charge >= 0.3 is 0 Å². The molecule has 8 nitrogen and oxygen atoms in total. The maximum Gasteiger partial charge on any atom is 0.286 e.